The molecule has 0 saturated heterocycles. The Kier molecular flexibility index (Phi) is 4.73. The molecule has 0 radical (unpaired) electrons. The van der Waals surface area contributed by atoms with Crippen molar-refractivity contribution in [3.05, 3.63) is 54.5 Å². The van der Waals surface area contributed by atoms with Crippen LogP contribution in [0.5, 0.6) is 0 Å². The summed E-state index contributed by atoms with van der Waals surface area (Å²) in [5.74, 6) is 0.887. The lowest BCUT2D eigenvalue weighted by Gasteiger charge is -2.39. The van der Waals surface area contributed by atoms with E-state index >= 15 is 0 Å². The third-order valence-corrected chi connectivity index (χ3v) is 6.33. The van der Waals surface area contributed by atoms with Crippen LogP contribution in [0.25, 0.3) is 22.7 Å². The molecule has 1 aliphatic rings. The highest BCUT2D eigenvalue weighted by Crippen LogP contribution is 2.48. The molecule has 0 amide bonds. The van der Waals surface area contributed by atoms with Crippen LogP contribution in [0.2, 0.25) is 0 Å². The van der Waals surface area contributed by atoms with Crippen molar-refractivity contribution in [2.75, 3.05) is 12.0 Å². The quantitative estimate of drug-likeness (QED) is 0.458. The summed E-state index contributed by atoms with van der Waals surface area (Å²) in [6.07, 6.45) is 12.2. The van der Waals surface area contributed by atoms with Crippen molar-refractivity contribution in [2.24, 2.45) is 0 Å². The smallest absolute Gasteiger partial charge is 0.261 e. The first-order chi connectivity index (χ1) is 15.3. The Morgan fingerprint density at radius 2 is 1.88 bits per heavy atom. The van der Waals surface area contributed by atoms with Crippen molar-refractivity contribution in [3.8, 4) is 22.7 Å². The predicted octanol–water partition coefficient (Wildman–Crippen LogP) is 1.84. The Labute approximate surface area is 183 Å². The summed E-state index contributed by atoms with van der Waals surface area (Å²) in [6, 6.07) is 3.93. The second-order valence-corrected chi connectivity index (χ2v) is 10.1. The van der Waals surface area contributed by atoms with Crippen molar-refractivity contribution in [1.29, 1.82) is 0 Å². The summed E-state index contributed by atoms with van der Waals surface area (Å²) in [5.41, 5.74) is 8.28. The highest BCUT2D eigenvalue weighted by molar-refractivity contribution is 7.89. The van der Waals surface area contributed by atoms with Crippen LogP contribution >= 0.6 is 0 Å². The number of anilines is 1. The van der Waals surface area contributed by atoms with Crippen LogP contribution in [0.1, 0.15) is 30.7 Å². The molecule has 1 aliphatic carbocycles. The molecule has 0 aromatic carbocycles. The van der Waals surface area contributed by atoms with Crippen LogP contribution in [0.15, 0.2) is 47.6 Å². The van der Waals surface area contributed by atoms with Gasteiger partial charge < -0.3 is 10.3 Å². The van der Waals surface area contributed by atoms with Crippen LogP contribution in [-0.2, 0) is 21.1 Å². The van der Waals surface area contributed by atoms with Gasteiger partial charge in [0, 0.05) is 36.6 Å². The number of hydrogen-bond acceptors (Lipinski definition) is 10. The fraction of sp³-hybridized carbons (Fsp3) is 0.300. The molecule has 12 heteroatoms. The average Bonchev–Trinajstić information content (AvgIpc) is 3.37. The first-order valence-corrected chi connectivity index (χ1v) is 12.0. The highest BCUT2D eigenvalue weighted by Gasteiger charge is 2.45. The van der Waals surface area contributed by atoms with E-state index in [-0.39, 0.29) is 17.2 Å². The second kappa shape index (κ2) is 7.48. The third kappa shape index (κ3) is 3.73. The Hall–Kier alpha value is -3.67. The first-order valence-electron chi connectivity index (χ1n) is 9.92. The van der Waals surface area contributed by atoms with Crippen LogP contribution < -0.4 is 5.73 Å². The Morgan fingerprint density at radius 3 is 2.50 bits per heavy atom. The number of rotatable bonds is 6. The van der Waals surface area contributed by atoms with Gasteiger partial charge in [0.2, 0.25) is 5.95 Å². The molecule has 164 valence electrons. The second-order valence-electron chi connectivity index (χ2n) is 7.94. The van der Waals surface area contributed by atoms with E-state index in [0.29, 0.717) is 17.3 Å². The van der Waals surface area contributed by atoms with E-state index in [1.807, 2.05) is 18.3 Å². The number of hydrogen-bond donors (Lipinski definition) is 1. The van der Waals surface area contributed by atoms with Gasteiger partial charge in [-0.25, -0.2) is 18.4 Å². The van der Waals surface area contributed by atoms with Gasteiger partial charge in [0.1, 0.15) is 5.88 Å². The lowest BCUT2D eigenvalue weighted by Crippen LogP contribution is -2.36. The minimum Gasteiger partial charge on any atom is -0.368 e. The largest absolute Gasteiger partial charge is 0.368 e. The maximum absolute atomic E-state index is 11.5. The Morgan fingerprint density at radius 1 is 1.09 bits per heavy atom. The monoisotopic (exact) mass is 452 g/mol. The minimum atomic E-state index is -3.21. The SMILES string of the molecule is CS(=O)(=O)Cn1cc(-c2nc(C3(c4ccc(-c5cnc(N)nc5)nc4)CCC3)no2)cn1. The van der Waals surface area contributed by atoms with E-state index in [4.69, 9.17) is 10.3 Å². The topological polar surface area (TPSA) is 156 Å². The van der Waals surface area contributed by atoms with Crippen LogP contribution in [0.3, 0.4) is 0 Å². The molecule has 0 bridgehead atoms. The van der Waals surface area contributed by atoms with E-state index in [0.717, 1.165) is 42.3 Å². The minimum absolute atomic E-state index is 0.213. The molecular formula is C20H20N8O3S. The van der Waals surface area contributed by atoms with Gasteiger partial charge >= 0.3 is 0 Å². The van der Waals surface area contributed by atoms with Gasteiger partial charge in [-0.15, -0.1) is 0 Å². The fourth-order valence-electron chi connectivity index (χ4n) is 3.81. The molecule has 0 aliphatic heterocycles. The summed E-state index contributed by atoms with van der Waals surface area (Å²) in [6.45, 7) is 0. The maximum Gasteiger partial charge on any atom is 0.261 e. The summed E-state index contributed by atoms with van der Waals surface area (Å²) in [4.78, 5) is 17.2. The molecule has 2 N–H and O–H groups in total. The van der Waals surface area contributed by atoms with Crippen molar-refractivity contribution in [1.82, 2.24) is 34.9 Å². The lowest BCUT2D eigenvalue weighted by molar-refractivity contribution is 0.272. The normalized spacial score (nSPS) is 15.4. The van der Waals surface area contributed by atoms with E-state index in [9.17, 15) is 8.42 Å². The van der Waals surface area contributed by atoms with E-state index in [2.05, 4.69) is 30.2 Å². The van der Waals surface area contributed by atoms with Crippen molar-refractivity contribution in [2.45, 2.75) is 30.6 Å². The van der Waals surface area contributed by atoms with Crippen LogP contribution in [0.4, 0.5) is 5.95 Å². The third-order valence-electron chi connectivity index (χ3n) is 5.59. The van der Waals surface area contributed by atoms with Gasteiger partial charge in [-0.3, -0.25) is 9.67 Å². The molecule has 4 heterocycles. The number of aromatic nitrogens is 7. The maximum atomic E-state index is 11.5. The molecule has 5 rings (SSSR count). The zero-order chi connectivity index (χ0) is 22.3. The fourth-order valence-corrected chi connectivity index (χ4v) is 4.43. The summed E-state index contributed by atoms with van der Waals surface area (Å²) in [5, 5.41) is 8.30. The molecule has 11 nitrogen and oxygen atoms in total. The summed E-state index contributed by atoms with van der Waals surface area (Å²) >= 11 is 0. The van der Waals surface area contributed by atoms with Crippen molar-refractivity contribution in [3.63, 3.8) is 0 Å². The summed E-state index contributed by atoms with van der Waals surface area (Å²) < 4.78 is 29.8. The van der Waals surface area contributed by atoms with Gasteiger partial charge in [-0.2, -0.15) is 10.1 Å². The average molecular weight is 453 g/mol. The molecule has 32 heavy (non-hydrogen) atoms. The Bertz CT molecular complexity index is 1360. The highest BCUT2D eigenvalue weighted by atomic mass is 32.2. The number of sulfone groups is 1. The number of pyridine rings is 1. The molecule has 1 fully saturated rings. The lowest BCUT2D eigenvalue weighted by atomic mass is 9.64. The van der Waals surface area contributed by atoms with Gasteiger partial charge in [0.05, 0.1) is 22.9 Å². The van der Waals surface area contributed by atoms with E-state index in [1.54, 1.807) is 18.6 Å². The number of nitrogens with zero attached hydrogens (tertiary/aromatic N) is 7. The van der Waals surface area contributed by atoms with E-state index < -0.39 is 9.84 Å². The van der Waals surface area contributed by atoms with Gasteiger partial charge in [-0.1, -0.05) is 17.6 Å². The zero-order valence-corrected chi connectivity index (χ0v) is 18.0. The zero-order valence-electron chi connectivity index (χ0n) is 17.2. The van der Waals surface area contributed by atoms with E-state index in [1.165, 1.54) is 10.9 Å². The van der Waals surface area contributed by atoms with Crippen molar-refractivity contribution < 1.29 is 12.9 Å². The van der Waals surface area contributed by atoms with Gasteiger partial charge in [-0.05, 0) is 24.5 Å². The summed E-state index contributed by atoms with van der Waals surface area (Å²) in [7, 11) is -3.21. The molecule has 4 aromatic heterocycles. The standard InChI is InChI=1S/C20H20N8O3S/c1-32(29,30)12-28-11-14(9-25-28)17-26-18(27-31-17)20(5-2-6-20)15-3-4-16(22-10-15)13-7-23-19(21)24-8-13/h3-4,7-11H,2,5-6,12H2,1H3,(H2,21,23,24). The van der Waals surface area contributed by atoms with Gasteiger partial charge in [0.25, 0.3) is 5.89 Å². The predicted molar refractivity (Wildman–Crippen MR) is 115 cm³/mol. The van der Waals surface area contributed by atoms with Crippen molar-refractivity contribution >= 4 is 15.8 Å². The Balaban J connectivity index is 1.41. The molecule has 0 atom stereocenters. The van der Waals surface area contributed by atoms with Crippen LogP contribution in [-0.4, -0.2) is 49.5 Å². The number of nitrogen functional groups attached to an aromatic ring is 1. The number of nitrogens with two attached hydrogens (primary N) is 1. The molecule has 1 saturated carbocycles. The molecule has 0 unspecified atom stereocenters. The molecule has 0 spiro atoms. The van der Waals surface area contributed by atoms with Crippen LogP contribution in [0, 0.1) is 0 Å². The molecular weight excluding hydrogens is 432 g/mol. The van der Waals surface area contributed by atoms with Gasteiger partial charge in [0.15, 0.2) is 15.7 Å². The molecule has 4 aromatic rings. The first kappa shape index (κ1) is 20.2.